The summed E-state index contributed by atoms with van der Waals surface area (Å²) in [6.07, 6.45) is 1.73. The van der Waals surface area contributed by atoms with E-state index >= 15 is 0 Å². The minimum absolute atomic E-state index is 0.628. The van der Waals surface area contributed by atoms with E-state index < -0.39 is 0 Å². The number of nitrogen functional groups attached to an aromatic ring is 1. The standard InChI is InChI=1S/C27H20N4/c28-27-23-12-5-4-10-20(23)14-16-26(27)31-30-21-15-17-25(29-18-21)24-13-7-6-11-22(24)19-8-2-1-3-9-19/h1-18H,28H2. The molecule has 1 heterocycles. The van der Waals surface area contributed by atoms with E-state index in [-0.39, 0.29) is 0 Å². The Morgan fingerprint density at radius 1 is 0.613 bits per heavy atom. The van der Waals surface area contributed by atoms with Crippen molar-refractivity contribution in [2.45, 2.75) is 0 Å². The highest BCUT2D eigenvalue weighted by Gasteiger charge is 2.08. The zero-order valence-corrected chi connectivity index (χ0v) is 16.8. The number of nitrogens with zero attached hydrogens (tertiary/aromatic N) is 3. The average Bonchev–Trinajstić information content (AvgIpc) is 2.85. The van der Waals surface area contributed by atoms with Gasteiger partial charge in [-0.2, -0.15) is 0 Å². The maximum atomic E-state index is 6.29. The predicted molar refractivity (Wildman–Crippen MR) is 128 cm³/mol. The van der Waals surface area contributed by atoms with Gasteiger partial charge < -0.3 is 5.73 Å². The third-order valence-electron chi connectivity index (χ3n) is 5.26. The van der Waals surface area contributed by atoms with Crippen LogP contribution in [0.5, 0.6) is 0 Å². The molecular weight excluding hydrogens is 380 g/mol. The lowest BCUT2D eigenvalue weighted by atomic mass is 9.97. The monoisotopic (exact) mass is 400 g/mol. The largest absolute Gasteiger partial charge is 0.396 e. The number of aromatic nitrogens is 1. The average molecular weight is 400 g/mol. The molecule has 0 radical (unpaired) electrons. The third kappa shape index (κ3) is 3.79. The zero-order valence-electron chi connectivity index (χ0n) is 16.8. The Bertz CT molecular complexity index is 1370. The van der Waals surface area contributed by atoms with Crippen molar-refractivity contribution in [1.29, 1.82) is 0 Å². The number of rotatable bonds is 4. The van der Waals surface area contributed by atoms with Crippen LogP contribution in [0.15, 0.2) is 120 Å². The van der Waals surface area contributed by atoms with Gasteiger partial charge in [-0.25, -0.2) is 0 Å². The van der Waals surface area contributed by atoms with E-state index in [2.05, 4.69) is 39.5 Å². The highest BCUT2D eigenvalue weighted by molar-refractivity contribution is 5.98. The van der Waals surface area contributed by atoms with Crippen molar-refractivity contribution in [3.05, 3.63) is 109 Å². The molecule has 0 amide bonds. The van der Waals surface area contributed by atoms with Crippen molar-refractivity contribution in [2.75, 3.05) is 5.73 Å². The van der Waals surface area contributed by atoms with Crippen molar-refractivity contribution in [3.63, 3.8) is 0 Å². The van der Waals surface area contributed by atoms with Gasteiger partial charge in [0.05, 0.1) is 17.6 Å². The summed E-state index contributed by atoms with van der Waals surface area (Å²) in [5.74, 6) is 0. The Morgan fingerprint density at radius 3 is 2.16 bits per heavy atom. The lowest BCUT2D eigenvalue weighted by Gasteiger charge is -2.09. The highest BCUT2D eigenvalue weighted by atomic mass is 15.1. The molecule has 4 aromatic carbocycles. The van der Waals surface area contributed by atoms with Crippen LogP contribution in [0.4, 0.5) is 17.1 Å². The molecule has 0 saturated heterocycles. The van der Waals surface area contributed by atoms with Gasteiger partial charge in [0.15, 0.2) is 0 Å². The Balaban J connectivity index is 1.44. The number of anilines is 1. The summed E-state index contributed by atoms with van der Waals surface area (Å²) >= 11 is 0. The number of pyridine rings is 1. The molecule has 0 aliphatic heterocycles. The molecule has 0 aliphatic rings. The van der Waals surface area contributed by atoms with E-state index in [9.17, 15) is 0 Å². The lowest BCUT2D eigenvalue weighted by molar-refractivity contribution is 1.20. The van der Waals surface area contributed by atoms with E-state index in [4.69, 9.17) is 5.73 Å². The molecule has 0 fully saturated rings. The van der Waals surface area contributed by atoms with Crippen LogP contribution >= 0.6 is 0 Å². The van der Waals surface area contributed by atoms with Gasteiger partial charge in [-0.05, 0) is 34.7 Å². The van der Waals surface area contributed by atoms with Gasteiger partial charge >= 0.3 is 0 Å². The van der Waals surface area contributed by atoms with Crippen molar-refractivity contribution in [2.24, 2.45) is 10.2 Å². The SMILES string of the molecule is Nc1c(N=Nc2ccc(-c3ccccc3-c3ccccc3)nc2)ccc2ccccc12. The van der Waals surface area contributed by atoms with Crippen LogP contribution in [0.2, 0.25) is 0 Å². The first-order chi connectivity index (χ1) is 15.3. The van der Waals surface area contributed by atoms with E-state index in [1.54, 1.807) is 6.20 Å². The fraction of sp³-hybridized carbons (Fsp3) is 0. The molecule has 148 valence electrons. The number of hydrogen-bond donors (Lipinski definition) is 1. The molecule has 4 heteroatoms. The van der Waals surface area contributed by atoms with Crippen LogP contribution in [0.3, 0.4) is 0 Å². The molecule has 5 rings (SSSR count). The molecule has 0 unspecified atom stereocenters. The molecular formula is C27H20N4. The second-order valence-corrected chi connectivity index (χ2v) is 7.23. The maximum absolute atomic E-state index is 6.29. The first-order valence-corrected chi connectivity index (χ1v) is 10.1. The number of benzene rings is 4. The number of azo groups is 1. The summed E-state index contributed by atoms with van der Waals surface area (Å²) in [5.41, 5.74) is 12.5. The van der Waals surface area contributed by atoms with Crippen LogP contribution in [0, 0.1) is 0 Å². The van der Waals surface area contributed by atoms with Crippen LogP contribution in [-0.4, -0.2) is 4.98 Å². The molecule has 31 heavy (non-hydrogen) atoms. The lowest BCUT2D eigenvalue weighted by Crippen LogP contribution is -1.88. The van der Waals surface area contributed by atoms with Gasteiger partial charge in [-0.1, -0.05) is 84.9 Å². The van der Waals surface area contributed by atoms with Crippen LogP contribution in [0.25, 0.3) is 33.2 Å². The zero-order chi connectivity index (χ0) is 21.0. The second kappa shape index (κ2) is 8.20. The Kier molecular flexibility index (Phi) is 4.95. The van der Waals surface area contributed by atoms with Crippen molar-refractivity contribution in [1.82, 2.24) is 4.98 Å². The maximum Gasteiger partial charge on any atom is 0.109 e. The van der Waals surface area contributed by atoms with Gasteiger partial charge in [0.25, 0.3) is 0 Å². The minimum Gasteiger partial charge on any atom is -0.396 e. The van der Waals surface area contributed by atoms with Gasteiger partial charge in [-0.3, -0.25) is 4.98 Å². The quantitative estimate of drug-likeness (QED) is 0.250. The topological polar surface area (TPSA) is 63.6 Å². The molecule has 0 bridgehead atoms. The van der Waals surface area contributed by atoms with Crippen LogP contribution in [-0.2, 0) is 0 Å². The number of hydrogen-bond acceptors (Lipinski definition) is 4. The molecule has 0 saturated carbocycles. The molecule has 2 N–H and O–H groups in total. The van der Waals surface area contributed by atoms with Gasteiger partial charge in [0.1, 0.15) is 11.4 Å². The van der Waals surface area contributed by atoms with Crippen molar-refractivity contribution < 1.29 is 0 Å². The first kappa shape index (κ1) is 18.7. The number of nitrogens with two attached hydrogens (primary N) is 1. The summed E-state index contributed by atoms with van der Waals surface area (Å²) in [6.45, 7) is 0. The van der Waals surface area contributed by atoms with Crippen molar-refractivity contribution >= 4 is 27.8 Å². The summed E-state index contributed by atoms with van der Waals surface area (Å²) < 4.78 is 0. The highest BCUT2D eigenvalue weighted by Crippen LogP contribution is 2.33. The second-order valence-electron chi connectivity index (χ2n) is 7.23. The third-order valence-corrected chi connectivity index (χ3v) is 5.26. The van der Waals surface area contributed by atoms with Crippen molar-refractivity contribution in [3.8, 4) is 22.4 Å². The summed E-state index contributed by atoms with van der Waals surface area (Å²) in [4.78, 5) is 4.63. The Labute approximate surface area is 180 Å². The molecule has 1 aromatic heterocycles. The Morgan fingerprint density at radius 2 is 1.35 bits per heavy atom. The molecule has 0 atom stereocenters. The van der Waals surface area contributed by atoms with Crippen LogP contribution in [0.1, 0.15) is 0 Å². The molecule has 0 aliphatic carbocycles. The summed E-state index contributed by atoms with van der Waals surface area (Å²) in [5, 5.41) is 10.8. The van der Waals surface area contributed by atoms with Gasteiger partial charge in [0.2, 0.25) is 0 Å². The Hall–Kier alpha value is -4.31. The first-order valence-electron chi connectivity index (χ1n) is 10.1. The summed E-state index contributed by atoms with van der Waals surface area (Å²) in [6, 6.07) is 34.4. The van der Waals surface area contributed by atoms with E-state index in [1.165, 1.54) is 0 Å². The molecule has 4 nitrogen and oxygen atoms in total. The van der Waals surface area contributed by atoms with Crippen LogP contribution < -0.4 is 5.73 Å². The predicted octanol–water partition coefficient (Wildman–Crippen LogP) is 7.57. The van der Waals surface area contributed by atoms with Gasteiger partial charge in [-0.15, -0.1) is 10.2 Å². The molecule has 0 spiro atoms. The smallest absolute Gasteiger partial charge is 0.109 e. The fourth-order valence-corrected chi connectivity index (χ4v) is 3.66. The van der Waals surface area contributed by atoms with E-state index in [0.29, 0.717) is 17.1 Å². The fourth-order valence-electron chi connectivity index (χ4n) is 3.66. The summed E-state index contributed by atoms with van der Waals surface area (Å²) in [7, 11) is 0. The number of fused-ring (bicyclic) bond motifs is 1. The van der Waals surface area contributed by atoms with E-state index in [1.807, 2.05) is 78.9 Å². The minimum atomic E-state index is 0.628. The molecule has 5 aromatic rings. The normalized spacial score (nSPS) is 11.2. The van der Waals surface area contributed by atoms with Gasteiger partial charge in [0, 0.05) is 10.9 Å². The van der Waals surface area contributed by atoms with E-state index in [0.717, 1.165) is 33.2 Å².